The quantitative estimate of drug-likeness (QED) is 0.438. The third-order valence-electron chi connectivity index (χ3n) is 6.31. The van der Waals surface area contributed by atoms with Crippen molar-refractivity contribution in [3.05, 3.63) is 46.1 Å². The van der Waals surface area contributed by atoms with Gasteiger partial charge in [0.2, 0.25) is 5.82 Å². The van der Waals surface area contributed by atoms with Crippen LogP contribution in [0.5, 0.6) is 0 Å². The van der Waals surface area contributed by atoms with Gasteiger partial charge in [-0.05, 0) is 37.8 Å². The van der Waals surface area contributed by atoms with Gasteiger partial charge in [0, 0.05) is 20.8 Å². The Bertz CT molecular complexity index is 1460. The summed E-state index contributed by atoms with van der Waals surface area (Å²) in [6.45, 7) is 0.314. The number of rotatable bonds is 6. The SMILES string of the molecule is COCCn1c(=O)c2c(-c3noc(C4(OC)CCCC4)n3)ncn2c2ccc(F)c(C#N)c21. The molecule has 3 aromatic heterocycles. The Morgan fingerprint density at radius 3 is 2.76 bits per heavy atom. The van der Waals surface area contributed by atoms with Crippen molar-refractivity contribution in [1.82, 2.24) is 24.1 Å². The van der Waals surface area contributed by atoms with Crippen molar-refractivity contribution < 1.29 is 18.4 Å². The van der Waals surface area contributed by atoms with Crippen molar-refractivity contribution in [3.8, 4) is 17.6 Å². The maximum Gasteiger partial charge on any atom is 0.277 e. The predicted octanol–water partition coefficient (Wildman–Crippen LogP) is 2.77. The highest BCUT2D eigenvalue weighted by molar-refractivity contribution is 5.87. The molecule has 0 saturated heterocycles. The Morgan fingerprint density at radius 2 is 2.06 bits per heavy atom. The van der Waals surface area contributed by atoms with Crippen LogP contribution in [-0.2, 0) is 21.6 Å². The van der Waals surface area contributed by atoms with E-state index >= 15 is 0 Å². The van der Waals surface area contributed by atoms with Crippen LogP contribution >= 0.6 is 0 Å². The van der Waals surface area contributed by atoms with E-state index in [2.05, 4.69) is 15.1 Å². The summed E-state index contributed by atoms with van der Waals surface area (Å²) in [5.41, 5.74) is -0.273. The molecule has 170 valence electrons. The van der Waals surface area contributed by atoms with Crippen LogP contribution in [0, 0.1) is 17.1 Å². The first kappa shape index (κ1) is 21.2. The number of ether oxygens (including phenoxy) is 2. The molecule has 33 heavy (non-hydrogen) atoms. The second-order valence-corrected chi connectivity index (χ2v) is 7.99. The number of nitriles is 1. The number of hydrogen-bond donors (Lipinski definition) is 0. The van der Waals surface area contributed by atoms with Gasteiger partial charge in [0.25, 0.3) is 11.4 Å². The molecule has 0 amide bonds. The third kappa shape index (κ3) is 3.13. The second-order valence-electron chi connectivity index (χ2n) is 7.99. The first-order valence-corrected chi connectivity index (χ1v) is 10.6. The van der Waals surface area contributed by atoms with Crippen LogP contribution in [0.25, 0.3) is 28.1 Å². The molecule has 1 aliphatic rings. The summed E-state index contributed by atoms with van der Waals surface area (Å²) in [7, 11) is 3.12. The highest BCUT2D eigenvalue weighted by Crippen LogP contribution is 2.41. The lowest BCUT2D eigenvalue weighted by Gasteiger charge is -2.21. The molecule has 0 spiro atoms. The lowest BCUT2D eigenvalue weighted by molar-refractivity contribution is -0.0342. The summed E-state index contributed by atoms with van der Waals surface area (Å²) in [5, 5.41) is 13.6. The minimum atomic E-state index is -0.709. The molecule has 11 heteroatoms. The summed E-state index contributed by atoms with van der Waals surface area (Å²) in [4.78, 5) is 22.5. The van der Waals surface area contributed by atoms with E-state index in [0.717, 1.165) is 25.7 Å². The van der Waals surface area contributed by atoms with Crippen LogP contribution in [0.1, 0.15) is 37.1 Å². The van der Waals surface area contributed by atoms with Gasteiger partial charge in [0.15, 0.2) is 0 Å². The van der Waals surface area contributed by atoms with Gasteiger partial charge < -0.3 is 18.6 Å². The van der Waals surface area contributed by atoms with Gasteiger partial charge in [-0.2, -0.15) is 10.2 Å². The molecule has 3 heterocycles. The average Bonchev–Trinajstić information content (AvgIpc) is 3.58. The minimum absolute atomic E-state index is 0.120. The second kappa shape index (κ2) is 8.06. The smallest absolute Gasteiger partial charge is 0.277 e. The molecule has 1 aromatic carbocycles. The monoisotopic (exact) mass is 452 g/mol. The Balaban J connectivity index is 1.76. The fourth-order valence-electron chi connectivity index (χ4n) is 4.61. The van der Waals surface area contributed by atoms with Gasteiger partial charge >= 0.3 is 0 Å². The fourth-order valence-corrected chi connectivity index (χ4v) is 4.61. The third-order valence-corrected chi connectivity index (χ3v) is 6.31. The Kier molecular flexibility index (Phi) is 5.19. The van der Waals surface area contributed by atoms with E-state index in [0.29, 0.717) is 11.4 Å². The Labute approximate surface area is 187 Å². The van der Waals surface area contributed by atoms with Crippen LogP contribution in [0.2, 0.25) is 0 Å². The summed E-state index contributed by atoms with van der Waals surface area (Å²) >= 11 is 0. The Morgan fingerprint density at radius 1 is 1.27 bits per heavy atom. The standard InChI is InChI=1S/C22H21FN6O4/c1-31-10-9-28-17-13(11-24)14(23)5-6-15(17)29-12-25-16(18(29)20(28)30)19-26-21(33-27-19)22(32-2)7-3-4-8-22/h5-6,12H,3-4,7-10H2,1-2H3. The molecule has 1 fully saturated rings. The van der Waals surface area contributed by atoms with Gasteiger partial charge in [-0.25, -0.2) is 9.37 Å². The summed E-state index contributed by atoms with van der Waals surface area (Å²) in [6, 6.07) is 4.57. The van der Waals surface area contributed by atoms with Gasteiger partial charge in [-0.1, -0.05) is 5.16 Å². The highest BCUT2D eigenvalue weighted by Gasteiger charge is 2.41. The van der Waals surface area contributed by atoms with Crippen LogP contribution < -0.4 is 5.56 Å². The molecule has 5 rings (SSSR count). The summed E-state index contributed by atoms with van der Waals surface area (Å²) in [5.74, 6) is -0.194. The van der Waals surface area contributed by atoms with Crippen LogP contribution in [0.3, 0.4) is 0 Å². The zero-order valence-electron chi connectivity index (χ0n) is 18.2. The number of methoxy groups -OCH3 is 2. The molecule has 0 bridgehead atoms. The molecule has 1 saturated carbocycles. The van der Waals surface area contributed by atoms with Crippen LogP contribution in [0.4, 0.5) is 4.39 Å². The van der Waals surface area contributed by atoms with Crippen molar-refractivity contribution in [2.45, 2.75) is 37.8 Å². The van der Waals surface area contributed by atoms with Gasteiger partial charge in [0.1, 0.15) is 40.6 Å². The van der Waals surface area contributed by atoms with Crippen molar-refractivity contribution in [1.29, 1.82) is 5.26 Å². The van der Waals surface area contributed by atoms with E-state index in [1.54, 1.807) is 7.11 Å². The minimum Gasteiger partial charge on any atom is -0.383 e. The zero-order valence-corrected chi connectivity index (χ0v) is 18.2. The average molecular weight is 452 g/mol. The number of benzene rings is 1. The molecule has 0 aliphatic heterocycles. The maximum absolute atomic E-state index is 14.4. The highest BCUT2D eigenvalue weighted by atomic mass is 19.1. The van der Waals surface area contributed by atoms with E-state index in [1.807, 2.05) is 6.07 Å². The number of fused-ring (bicyclic) bond motifs is 3. The zero-order chi connectivity index (χ0) is 23.2. The van der Waals surface area contributed by atoms with E-state index < -0.39 is 17.0 Å². The van der Waals surface area contributed by atoms with Crippen molar-refractivity contribution in [3.63, 3.8) is 0 Å². The molecule has 0 radical (unpaired) electrons. The molecule has 0 N–H and O–H groups in total. The largest absolute Gasteiger partial charge is 0.383 e. The number of nitrogens with zero attached hydrogens (tertiary/aromatic N) is 6. The normalized spacial score (nSPS) is 15.5. The van der Waals surface area contributed by atoms with Crippen molar-refractivity contribution in [2.75, 3.05) is 20.8 Å². The summed E-state index contributed by atoms with van der Waals surface area (Å²) < 4.78 is 33.6. The van der Waals surface area contributed by atoms with E-state index in [-0.39, 0.29) is 41.3 Å². The van der Waals surface area contributed by atoms with E-state index in [9.17, 15) is 14.4 Å². The van der Waals surface area contributed by atoms with E-state index in [4.69, 9.17) is 14.0 Å². The summed E-state index contributed by atoms with van der Waals surface area (Å²) in [6.07, 6.45) is 4.96. The molecule has 0 unspecified atom stereocenters. The molecular formula is C22H21FN6O4. The van der Waals surface area contributed by atoms with E-state index in [1.165, 1.54) is 34.5 Å². The first-order valence-electron chi connectivity index (χ1n) is 10.6. The predicted molar refractivity (Wildman–Crippen MR) is 114 cm³/mol. The molecule has 1 aliphatic carbocycles. The van der Waals surface area contributed by atoms with Crippen molar-refractivity contribution in [2.24, 2.45) is 0 Å². The molecule has 4 aromatic rings. The Hall–Kier alpha value is -3.62. The van der Waals surface area contributed by atoms with Gasteiger partial charge in [0.05, 0.1) is 17.6 Å². The maximum atomic E-state index is 14.4. The molecular weight excluding hydrogens is 431 g/mol. The lowest BCUT2D eigenvalue weighted by Crippen LogP contribution is -2.26. The fraction of sp³-hybridized carbons (Fsp3) is 0.409. The number of aromatic nitrogens is 5. The number of halogens is 1. The number of imidazole rings is 1. The van der Waals surface area contributed by atoms with Crippen LogP contribution in [0.15, 0.2) is 27.8 Å². The van der Waals surface area contributed by atoms with Gasteiger partial charge in [-0.3, -0.25) is 9.20 Å². The lowest BCUT2D eigenvalue weighted by atomic mass is 10.0. The number of hydrogen-bond acceptors (Lipinski definition) is 8. The van der Waals surface area contributed by atoms with Crippen LogP contribution in [-0.4, -0.2) is 44.9 Å². The van der Waals surface area contributed by atoms with Crippen molar-refractivity contribution >= 4 is 16.6 Å². The molecule has 0 atom stereocenters. The molecule has 10 nitrogen and oxygen atoms in total. The van der Waals surface area contributed by atoms with Gasteiger partial charge in [-0.15, -0.1) is 0 Å². The topological polar surface area (TPSA) is 120 Å². The first-order chi connectivity index (χ1) is 16.0.